The molecule has 6 rings (SSSR count). The van der Waals surface area contributed by atoms with Gasteiger partial charge in [0.05, 0.1) is 18.6 Å². The summed E-state index contributed by atoms with van der Waals surface area (Å²) >= 11 is 0. The Balaban J connectivity index is 0.000000248. The van der Waals surface area contributed by atoms with Crippen LogP contribution >= 0.6 is 0 Å². The predicted molar refractivity (Wildman–Crippen MR) is 259 cm³/mol. The minimum Gasteiger partial charge on any atom is -0.352 e. The highest BCUT2D eigenvalue weighted by Gasteiger charge is 2.29. The predicted octanol–water partition coefficient (Wildman–Crippen LogP) is 5.60. The lowest BCUT2D eigenvalue weighted by molar-refractivity contribution is -0.119. The van der Waals surface area contributed by atoms with Crippen LogP contribution in [0.4, 0.5) is 47.1 Å². The highest BCUT2D eigenvalue weighted by Crippen LogP contribution is 2.27. The second kappa shape index (κ2) is 21.4. The van der Waals surface area contributed by atoms with Gasteiger partial charge in [0.15, 0.2) is 15.6 Å². The molecular weight excluding hydrogens is 865 g/mol. The average molecular weight is 931 g/mol. The van der Waals surface area contributed by atoms with Gasteiger partial charge in [0.25, 0.3) is 5.91 Å². The van der Waals surface area contributed by atoms with Crippen molar-refractivity contribution in [3.8, 4) is 0 Å². The first kappa shape index (κ1) is 50.8. The molecule has 0 aliphatic carbocycles. The summed E-state index contributed by atoms with van der Waals surface area (Å²) in [5.74, 6) is 2.27. The van der Waals surface area contributed by atoms with E-state index in [4.69, 9.17) is 4.84 Å². The van der Waals surface area contributed by atoms with Crippen LogP contribution in [0.1, 0.15) is 99.6 Å². The van der Waals surface area contributed by atoms with Crippen LogP contribution in [0.5, 0.6) is 0 Å². The van der Waals surface area contributed by atoms with Gasteiger partial charge in [-0.25, -0.2) is 13.9 Å². The van der Waals surface area contributed by atoms with Gasteiger partial charge in [0, 0.05) is 74.7 Å². The number of anilines is 8. The van der Waals surface area contributed by atoms with Crippen molar-refractivity contribution in [3.63, 3.8) is 0 Å². The first-order valence-corrected chi connectivity index (χ1v) is 23.7. The lowest BCUT2D eigenvalue weighted by Crippen LogP contribution is -2.33. The first-order chi connectivity index (χ1) is 30.8. The number of nitrogens with one attached hydrogen (secondary N) is 6. The van der Waals surface area contributed by atoms with Gasteiger partial charge in [-0.3, -0.25) is 19.2 Å². The zero-order chi connectivity index (χ0) is 48.6. The van der Waals surface area contributed by atoms with Crippen molar-refractivity contribution in [2.24, 2.45) is 10.8 Å². The lowest BCUT2D eigenvalue weighted by Gasteiger charge is -2.27. The maximum absolute atomic E-state index is 12.2. The van der Waals surface area contributed by atoms with Crippen LogP contribution in [-0.2, 0) is 19.5 Å². The molecule has 66 heavy (non-hydrogen) atoms. The fraction of sp³-hybridized carbons (Fsp3) is 0.533. The van der Waals surface area contributed by atoms with Gasteiger partial charge in [0.2, 0.25) is 41.6 Å². The van der Waals surface area contributed by atoms with E-state index in [1.807, 2.05) is 49.9 Å². The van der Waals surface area contributed by atoms with Gasteiger partial charge in [-0.05, 0) is 73.8 Å². The molecule has 2 aromatic carbocycles. The molecule has 6 N–H and O–H groups in total. The summed E-state index contributed by atoms with van der Waals surface area (Å²) in [4.78, 5) is 71.5. The molecule has 4 aromatic rings. The highest BCUT2D eigenvalue weighted by atomic mass is 32.2. The van der Waals surface area contributed by atoms with Crippen LogP contribution in [-0.4, -0.2) is 120 Å². The van der Waals surface area contributed by atoms with E-state index in [9.17, 15) is 22.8 Å². The highest BCUT2D eigenvalue weighted by molar-refractivity contribution is 7.91. The molecule has 0 saturated carbocycles. The summed E-state index contributed by atoms with van der Waals surface area (Å²) in [6, 6.07) is 10.5. The fourth-order valence-corrected chi connectivity index (χ4v) is 8.97. The van der Waals surface area contributed by atoms with Crippen molar-refractivity contribution in [1.82, 2.24) is 40.7 Å². The van der Waals surface area contributed by atoms with Crippen LogP contribution in [0.25, 0.3) is 0 Å². The van der Waals surface area contributed by atoms with E-state index in [-0.39, 0.29) is 52.0 Å². The number of carbonyl (C=O) groups is 3. The van der Waals surface area contributed by atoms with Gasteiger partial charge in [-0.15, -0.1) is 0 Å². The second-order valence-electron chi connectivity index (χ2n) is 19.3. The van der Waals surface area contributed by atoms with Crippen LogP contribution < -0.4 is 41.9 Å². The number of sulfone groups is 1. The average Bonchev–Trinajstić information content (AvgIpc) is 3.80. The fourth-order valence-electron chi connectivity index (χ4n) is 7.29. The number of carbonyl (C=O) groups excluding carboxylic acids is 3. The van der Waals surface area contributed by atoms with Gasteiger partial charge in [0.1, 0.15) is 0 Å². The standard InChI is InChI=1S/C23H34N8O3.C22H32N6O3S/c1-14-7-8-15(19(33)30-34-6)11-17(14)26-21-27-20(24-12-16-9-10-18(32)25-16)28-22(29-21)31(5)13-23(2,3)4;1-14-7-8-16(15(2)29)11-18(14)24-20-25-19(23-17-9-10-32(30,31)12-17)26-21(27-20)28(6)13-22(3,4)5/h7-8,11,16H,9-10,12-13H2,1-6H3,(H,25,32)(H,30,33)(H2,24,26,27,28,29);7-8,11,17H,9-10,12-13H2,1-6H3,(H2,23,24,25,26,27). The molecule has 358 valence electrons. The third kappa shape index (κ3) is 15.5. The number of hydroxylamine groups is 1. The number of hydrogen-bond donors (Lipinski definition) is 6. The molecule has 21 heteroatoms. The summed E-state index contributed by atoms with van der Waals surface area (Å²) in [7, 11) is 2.20. The van der Waals surface area contributed by atoms with E-state index in [0.29, 0.717) is 78.4 Å². The number of Topliss-reactive ketones (excluding diaryl/α,β-unsaturated/α-hetero) is 1. The smallest absolute Gasteiger partial charge is 0.274 e. The van der Waals surface area contributed by atoms with Gasteiger partial charge >= 0.3 is 0 Å². The van der Waals surface area contributed by atoms with Gasteiger partial charge in [-0.1, -0.05) is 59.7 Å². The Morgan fingerprint density at radius 3 is 1.77 bits per heavy atom. The minimum absolute atomic E-state index is 0.0223. The van der Waals surface area contributed by atoms with Crippen LogP contribution in [0, 0.1) is 24.7 Å². The van der Waals surface area contributed by atoms with Crippen molar-refractivity contribution >= 4 is 74.5 Å². The Labute approximate surface area is 388 Å². The maximum atomic E-state index is 12.2. The summed E-state index contributed by atoms with van der Waals surface area (Å²) in [6.45, 7) is 20.2. The Kier molecular flexibility index (Phi) is 16.5. The third-order valence-corrected chi connectivity index (χ3v) is 12.1. The van der Waals surface area contributed by atoms with E-state index in [1.54, 1.807) is 24.3 Å². The van der Waals surface area contributed by atoms with Crippen molar-refractivity contribution in [3.05, 3.63) is 58.7 Å². The SMILES string of the molecule is CC(=O)c1ccc(C)c(Nc2nc(NC3CCS(=O)(=O)C3)nc(N(C)CC(C)(C)C)n2)c1.CONC(=O)c1ccc(C)c(Nc2nc(NCC3CCC(=O)N3)nc(N(C)CC(C)(C)C)n2)c1. The van der Waals surface area contributed by atoms with E-state index >= 15 is 0 Å². The van der Waals surface area contributed by atoms with Crippen LogP contribution in [0.3, 0.4) is 0 Å². The number of benzene rings is 2. The first-order valence-electron chi connectivity index (χ1n) is 21.9. The normalized spacial score (nSPS) is 16.6. The largest absolute Gasteiger partial charge is 0.352 e. The quantitative estimate of drug-likeness (QED) is 0.0591. The molecule has 2 unspecified atom stereocenters. The number of rotatable bonds is 16. The van der Waals surface area contributed by atoms with E-state index in [2.05, 4.69) is 104 Å². The molecule has 2 atom stereocenters. The van der Waals surface area contributed by atoms with Crippen molar-refractivity contribution in [2.75, 3.05) is 83.4 Å². The van der Waals surface area contributed by atoms with E-state index < -0.39 is 9.84 Å². The molecule has 4 heterocycles. The van der Waals surface area contributed by atoms with Gasteiger partial charge < -0.3 is 36.4 Å². The molecule has 2 aliphatic heterocycles. The number of amides is 2. The zero-order valence-corrected chi connectivity index (χ0v) is 41.0. The topological polar surface area (TPSA) is 251 Å². The Bertz CT molecular complexity index is 2490. The molecule has 2 aliphatic rings. The molecule has 0 spiro atoms. The number of aryl methyl sites for hydroxylation is 2. The summed E-state index contributed by atoms with van der Waals surface area (Å²) in [5.41, 5.74) is 6.68. The minimum atomic E-state index is -3.03. The molecule has 2 amide bonds. The van der Waals surface area contributed by atoms with E-state index in [0.717, 1.165) is 29.8 Å². The van der Waals surface area contributed by atoms with E-state index in [1.165, 1.54) is 14.0 Å². The molecule has 0 radical (unpaired) electrons. The Morgan fingerprint density at radius 2 is 1.29 bits per heavy atom. The van der Waals surface area contributed by atoms with Crippen molar-refractivity contribution in [1.29, 1.82) is 0 Å². The van der Waals surface area contributed by atoms with Crippen LogP contribution in [0.2, 0.25) is 0 Å². The zero-order valence-electron chi connectivity index (χ0n) is 40.2. The molecule has 2 saturated heterocycles. The molecule has 2 aromatic heterocycles. The van der Waals surface area contributed by atoms with Crippen molar-refractivity contribution < 1.29 is 27.6 Å². The number of hydrogen-bond acceptors (Lipinski definition) is 18. The van der Waals surface area contributed by atoms with Crippen molar-refractivity contribution in [2.45, 2.75) is 93.7 Å². The molecule has 0 bridgehead atoms. The number of ketones is 1. The molecular formula is C45H66N14O6S. The number of nitrogens with zero attached hydrogens (tertiary/aromatic N) is 8. The Hall–Kier alpha value is -6.22. The summed E-state index contributed by atoms with van der Waals surface area (Å²) in [5, 5.41) is 15.8. The number of aromatic nitrogens is 6. The third-order valence-electron chi connectivity index (χ3n) is 10.3. The molecule has 20 nitrogen and oxygen atoms in total. The molecule has 2 fully saturated rings. The Morgan fingerprint density at radius 1 is 0.773 bits per heavy atom. The second-order valence-corrected chi connectivity index (χ2v) is 21.6. The summed E-state index contributed by atoms with van der Waals surface area (Å²) < 4.78 is 23.7. The van der Waals surface area contributed by atoms with Crippen LogP contribution in [0.15, 0.2) is 36.4 Å². The van der Waals surface area contributed by atoms with Gasteiger partial charge in [-0.2, -0.15) is 29.9 Å². The lowest BCUT2D eigenvalue weighted by atomic mass is 9.96. The summed E-state index contributed by atoms with van der Waals surface area (Å²) in [6.07, 6.45) is 1.82. The monoisotopic (exact) mass is 931 g/mol. The maximum Gasteiger partial charge on any atom is 0.274 e.